The molecular formula is C22H25Cl2NO4. The van der Waals surface area contributed by atoms with Crippen LogP contribution in [0.2, 0.25) is 10.0 Å². The van der Waals surface area contributed by atoms with E-state index >= 15 is 0 Å². The standard InChI is InChI=1S/C22H25Cl2NO4/c1-14(2)28-16-9-6-8-15(12-16)25(13-19(26)29-22(3,4)5)21(27)20-17(23)10-7-11-18(20)24/h6-12,14H,13H2,1-5H3. The second-order valence-electron chi connectivity index (χ2n) is 7.74. The number of hydrogen-bond acceptors (Lipinski definition) is 4. The summed E-state index contributed by atoms with van der Waals surface area (Å²) in [5, 5.41) is 0.401. The molecule has 5 nitrogen and oxygen atoms in total. The van der Waals surface area contributed by atoms with Gasteiger partial charge in [-0.15, -0.1) is 0 Å². The predicted molar refractivity (Wildman–Crippen MR) is 116 cm³/mol. The number of ether oxygens (including phenoxy) is 2. The fraction of sp³-hybridized carbons (Fsp3) is 0.364. The topological polar surface area (TPSA) is 55.8 Å². The molecule has 1 amide bonds. The van der Waals surface area contributed by atoms with Gasteiger partial charge >= 0.3 is 5.97 Å². The van der Waals surface area contributed by atoms with E-state index in [2.05, 4.69) is 0 Å². The van der Waals surface area contributed by atoms with Gasteiger partial charge in [0.25, 0.3) is 5.91 Å². The van der Waals surface area contributed by atoms with Gasteiger partial charge in [-0.3, -0.25) is 14.5 Å². The lowest BCUT2D eigenvalue weighted by Crippen LogP contribution is -2.39. The molecule has 7 heteroatoms. The van der Waals surface area contributed by atoms with E-state index in [0.29, 0.717) is 11.4 Å². The van der Waals surface area contributed by atoms with Crippen molar-refractivity contribution in [3.63, 3.8) is 0 Å². The Bertz CT molecular complexity index is 870. The zero-order valence-corrected chi connectivity index (χ0v) is 18.7. The molecular weight excluding hydrogens is 413 g/mol. The van der Waals surface area contributed by atoms with Crippen molar-refractivity contribution in [1.82, 2.24) is 0 Å². The van der Waals surface area contributed by atoms with Gasteiger partial charge in [-0.05, 0) is 58.9 Å². The van der Waals surface area contributed by atoms with E-state index in [1.165, 1.54) is 4.90 Å². The second-order valence-corrected chi connectivity index (χ2v) is 8.55. The van der Waals surface area contributed by atoms with Crippen molar-refractivity contribution in [3.8, 4) is 5.75 Å². The Morgan fingerprint density at radius 2 is 1.62 bits per heavy atom. The number of carbonyl (C=O) groups excluding carboxylic acids is 2. The fourth-order valence-corrected chi connectivity index (χ4v) is 3.18. The number of hydrogen-bond donors (Lipinski definition) is 0. The highest BCUT2D eigenvalue weighted by atomic mass is 35.5. The van der Waals surface area contributed by atoms with Crippen LogP contribution in [0.15, 0.2) is 42.5 Å². The van der Waals surface area contributed by atoms with E-state index in [0.717, 1.165) is 0 Å². The van der Waals surface area contributed by atoms with E-state index in [9.17, 15) is 9.59 Å². The second kappa shape index (κ2) is 9.51. The highest BCUT2D eigenvalue weighted by Gasteiger charge is 2.27. The Balaban J connectivity index is 2.46. The quantitative estimate of drug-likeness (QED) is 0.538. The average Bonchev–Trinajstić information content (AvgIpc) is 2.57. The first-order valence-corrected chi connectivity index (χ1v) is 9.98. The van der Waals surface area contributed by atoms with Crippen LogP contribution in [0.5, 0.6) is 5.75 Å². The van der Waals surface area contributed by atoms with E-state index in [-0.39, 0.29) is 28.3 Å². The number of amides is 1. The van der Waals surface area contributed by atoms with Crippen molar-refractivity contribution in [2.24, 2.45) is 0 Å². The lowest BCUT2D eigenvalue weighted by molar-refractivity contribution is -0.152. The van der Waals surface area contributed by atoms with Crippen LogP contribution in [-0.4, -0.2) is 30.1 Å². The molecule has 2 aromatic carbocycles. The van der Waals surface area contributed by atoms with E-state index in [1.54, 1.807) is 63.2 Å². The number of rotatable bonds is 6. The first-order valence-electron chi connectivity index (χ1n) is 9.22. The summed E-state index contributed by atoms with van der Waals surface area (Å²) in [5.74, 6) is -0.484. The number of nitrogens with zero attached hydrogens (tertiary/aromatic N) is 1. The van der Waals surface area contributed by atoms with Gasteiger partial charge in [-0.2, -0.15) is 0 Å². The predicted octanol–water partition coefficient (Wildman–Crippen LogP) is 5.77. The molecule has 156 valence electrons. The van der Waals surface area contributed by atoms with Crippen LogP contribution in [-0.2, 0) is 9.53 Å². The van der Waals surface area contributed by atoms with Crippen molar-refractivity contribution < 1.29 is 19.1 Å². The van der Waals surface area contributed by atoms with Gasteiger partial charge in [-0.1, -0.05) is 35.3 Å². The number of halogens is 2. The number of carbonyl (C=O) groups is 2. The van der Waals surface area contributed by atoms with Crippen LogP contribution in [0.4, 0.5) is 5.69 Å². The maximum absolute atomic E-state index is 13.3. The molecule has 0 aliphatic heterocycles. The number of esters is 1. The van der Waals surface area contributed by atoms with Crippen molar-refractivity contribution in [1.29, 1.82) is 0 Å². The molecule has 0 aromatic heterocycles. The zero-order valence-electron chi connectivity index (χ0n) is 17.2. The Hall–Kier alpha value is -2.24. The SMILES string of the molecule is CC(C)Oc1cccc(N(CC(=O)OC(C)(C)C)C(=O)c2c(Cl)cccc2Cl)c1. The van der Waals surface area contributed by atoms with E-state index in [4.69, 9.17) is 32.7 Å². The summed E-state index contributed by atoms with van der Waals surface area (Å²) in [4.78, 5) is 27.1. The van der Waals surface area contributed by atoms with Crippen LogP contribution in [0.3, 0.4) is 0 Å². The largest absolute Gasteiger partial charge is 0.491 e. The summed E-state index contributed by atoms with van der Waals surface area (Å²) in [6.07, 6.45) is -0.0433. The Kier molecular flexibility index (Phi) is 7.55. The highest BCUT2D eigenvalue weighted by Crippen LogP contribution is 2.29. The van der Waals surface area contributed by atoms with Gasteiger partial charge in [0.1, 0.15) is 17.9 Å². The summed E-state index contributed by atoms with van der Waals surface area (Å²) in [7, 11) is 0. The van der Waals surface area contributed by atoms with Gasteiger partial charge in [-0.25, -0.2) is 0 Å². The molecule has 29 heavy (non-hydrogen) atoms. The molecule has 0 fully saturated rings. The molecule has 0 aliphatic carbocycles. The van der Waals surface area contributed by atoms with Crippen LogP contribution in [0, 0.1) is 0 Å². The molecule has 0 aliphatic rings. The lowest BCUT2D eigenvalue weighted by Gasteiger charge is -2.26. The van der Waals surface area contributed by atoms with Crippen LogP contribution >= 0.6 is 23.2 Å². The first kappa shape index (κ1) is 23.0. The minimum atomic E-state index is -0.684. The summed E-state index contributed by atoms with van der Waals surface area (Å²) >= 11 is 12.5. The Morgan fingerprint density at radius 3 is 2.17 bits per heavy atom. The molecule has 0 atom stereocenters. The summed E-state index contributed by atoms with van der Waals surface area (Å²) in [6, 6.07) is 11.7. The monoisotopic (exact) mass is 437 g/mol. The first-order chi connectivity index (χ1) is 13.5. The maximum atomic E-state index is 13.3. The molecule has 0 unspecified atom stereocenters. The number of anilines is 1. The van der Waals surface area contributed by atoms with Crippen LogP contribution in [0.1, 0.15) is 45.0 Å². The summed E-state index contributed by atoms with van der Waals surface area (Å²) < 4.78 is 11.1. The summed E-state index contributed by atoms with van der Waals surface area (Å²) in [6.45, 7) is 8.79. The zero-order chi connectivity index (χ0) is 21.8. The molecule has 0 bridgehead atoms. The minimum Gasteiger partial charge on any atom is -0.491 e. The molecule has 2 aromatic rings. The van der Waals surface area contributed by atoms with Crippen LogP contribution < -0.4 is 9.64 Å². The Morgan fingerprint density at radius 1 is 1.03 bits per heavy atom. The molecule has 2 rings (SSSR count). The Labute approximate surface area is 181 Å². The normalized spacial score (nSPS) is 11.3. The maximum Gasteiger partial charge on any atom is 0.326 e. The smallest absolute Gasteiger partial charge is 0.326 e. The fourth-order valence-electron chi connectivity index (χ4n) is 2.62. The molecule has 0 spiro atoms. The molecule has 0 saturated carbocycles. The third-order valence-corrected chi connectivity index (χ3v) is 4.26. The lowest BCUT2D eigenvalue weighted by atomic mass is 10.1. The van der Waals surface area contributed by atoms with Crippen molar-refractivity contribution in [2.75, 3.05) is 11.4 Å². The highest BCUT2D eigenvalue weighted by molar-refractivity contribution is 6.40. The van der Waals surface area contributed by atoms with Gasteiger partial charge in [0.15, 0.2) is 0 Å². The molecule has 0 saturated heterocycles. The van der Waals surface area contributed by atoms with Gasteiger partial charge < -0.3 is 9.47 Å². The van der Waals surface area contributed by atoms with Crippen molar-refractivity contribution in [3.05, 3.63) is 58.1 Å². The van der Waals surface area contributed by atoms with Gasteiger partial charge in [0, 0.05) is 11.8 Å². The van der Waals surface area contributed by atoms with Gasteiger partial charge in [0.05, 0.1) is 21.7 Å². The number of benzene rings is 2. The van der Waals surface area contributed by atoms with Crippen molar-refractivity contribution >= 4 is 40.8 Å². The third-order valence-electron chi connectivity index (χ3n) is 3.63. The molecule has 0 N–H and O–H groups in total. The van der Waals surface area contributed by atoms with Gasteiger partial charge in [0.2, 0.25) is 0 Å². The third kappa shape index (κ3) is 6.65. The minimum absolute atomic E-state index is 0.0433. The summed E-state index contributed by atoms with van der Waals surface area (Å²) in [5.41, 5.74) is -0.0965. The molecule has 0 radical (unpaired) electrons. The van der Waals surface area contributed by atoms with E-state index < -0.39 is 17.5 Å². The average molecular weight is 438 g/mol. The van der Waals surface area contributed by atoms with Crippen LogP contribution in [0.25, 0.3) is 0 Å². The van der Waals surface area contributed by atoms with Crippen molar-refractivity contribution in [2.45, 2.75) is 46.3 Å². The van der Waals surface area contributed by atoms with E-state index in [1.807, 2.05) is 13.8 Å². The molecule has 0 heterocycles.